The summed E-state index contributed by atoms with van der Waals surface area (Å²) in [7, 11) is 3.20. The number of nitrogens with one attached hydrogen (secondary N) is 1. The average Bonchev–Trinajstić information content (AvgIpc) is 3.37. The third kappa shape index (κ3) is 5.71. The van der Waals surface area contributed by atoms with Gasteiger partial charge in [-0.15, -0.1) is 11.3 Å². The summed E-state index contributed by atoms with van der Waals surface area (Å²) in [4.78, 5) is 17.1. The lowest BCUT2D eigenvalue weighted by Crippen LogP contribution is -2.20. The molecule has 5 nitrogen and oxygen atoms in total. The van der Waals surface area contributed by atoms with Gasteiger partial charge in [-0.2, -0.15) is 0 Å². The number of methoxy groups -OCH3 is 2. The number of thiazole rings is 1. The third-order valence-electron chi connectivity index (χ3n) is 5.37. The maximum Gasteiger partial charge on any atom is 0.244 e. The van der Waals surface area contributed by atoms with Gasteiger partial charge in [0.2, 0.25) is 5.91 Å². The molecule has 0 radical (unpaired) electrons. The van der Waals surface area contributed by atoms with Crippen molar-refractivity contribution in [3.8, 4) is 33.3 Å². The zero-order chi connectivity index (χ0) is 23.9. The number of nitrogens with zero attached hydrogens (tertiary/aromatic N) is 1. The largest absolute Gasteiger partial charge is 0.497 e. The quantitative estimate of drug-likeness (QED) is 0.315. The standard InChI is InChI=1S/C28H26N2O3S/c1-19-4-8-21(9-5-19)25-18-34-28(30-25)22-10-6-20(7-11-22)17-29-27(31)15-12-23-16-24(32-2)13-14-26(23)33-3/h4-16,18H,17H2,1-3H3,(H,29,31)/b15-12+. The fraction of sp³-hybridized carbons (Fsp3) is 0.143. The predicted molar refractivity (Wildman–Crippen MR) is 138 cm³/mol. The minimum absolute atomic E-state index is 0.184. The average molecular weight is 471 g/mol. The van der Waals surface area contributed by atoms with Gasteiger partial charge in [0.1, 0.15) is 16.5 Å². The van der Waals surface area contributed by atoms with Gasteiger partial charge in [0.25, 0.3) is 0 Å². The summed E-state index contributed by atoms with van der Waals surface area (Å²) in [6.07, 6.45) is 3.21. The zero-order valence-corrected chi connectivity index (χ0v) is 20.2. The second-order valence-electron chi connectivity index (χ2n) is 7.76. The number of carbonyl (C=O) groups excluding carboxylic acids is 1. The molecule has 0 saturated heterocycles. The lowest BCUT2D eigenvalue weighted by Gasteiger charge is -2.07. The van der Waals surface area contributed by atoms with E-state index in [0.29, 0.717) is 18.0 Å². The van der Waals surface area contributed by atoms with Crippen LogP contribution in [-0.2, 0) is 11.3 Å². The van der Waals surface area contributed by atoms with Gasteiger partial charge in [-0.05, 0) is 36.8 Å². The molecule has 0 fully saturated rings. The molecule has 0 unspecified atom stereocenters. The van der Waals surface area contributed by atoms with Crippen LogP contribution in [0.1, 0.15) is 16.7 Å². The van der Waals surface area contributed by atoms with E-state index >= 15 is 0 Å². The molecule has 3 aromatic carbocycles. The van der Waals surface area contributed by atoms with Gasteiger partial charge < -0.3 is 14.8 Å². The van der Waals surface area contributed by atoms with E-state index in [1.165, 1.54) is 11.6 Å². The van der Waals surface area contributed by atoms with Gasteiger partial charge in [0.15, 0.2) is 0 Å². The van der Waals surface area contributed by atoms with Crippen LogP contribution in [0.25, 0.3) is 27.9 Å². The van der Waals surface area contributed by atoms with E-state index in [-0.39, 0.29) is 5.91 Å². The van der Waals surface area contributed by atoms with Gasteiger partial charge >= 0.3 is 0 Å². The fourth-order valence-electron chi connectivity index (χ4n) is 3.41. The van der Waals surface area contributed by atoms with Crippen LogP contribution < -0.4 is 14.8 Å². The van der Waals surface area contributed by atoms with Crippen LogP contribution in [0.15, 0.2) is 78.2 Å². The highest BCUT2D eigenvalue weighted by molar-refractivity contribution is 7.13. The molecular formula is C28H26N2O3S. The third-order valence-corrected chi connectivity index (χ3v) is 6.26. The number of aryl methyl sites for hydroxylation is 1. The summed E-state index contributed by atoms with van der Waals surface area (Å²) in [6, 6.07) is 21.9. The summed E-state index contributed by atoms with van der Waals surface area (Å²) in [5.74, 6) is 1.19. The highest BCUT2D eigenvalue weighted by Gasteiger charge is 2.07. The summed E-state index contributed by atoms with van der Waals surface area (Å²) < 4.78 is 10.6. The summed E-state index contributed by atoms with van der Waals surface area (Å²) >= 11 is 1.63. The highest BCUT2D eigenvalue weighted by Crippen LogP contribution is 2.29. The first kappa shape index (κ1) is 23.3. The smallest absolute Gasteiger partial charge is 0.244 e. The van der Waals surface area contributed by atoms with Crippen LogP contribution in [0.2, 0.25) is 0 Å². The lowest BCUT2D eigenvalue weighted by atomic mass is 10.1. The van der Waals surface area contributed by atoms with Crippen molar-refractivity contribution in [2.75, 3.05) is 14.2 Å². The molecule has 172 valence electrons. The topological polar surface area (TPSA) is 60.5 Å². The van der Waals surface area contributed by atoms with E-state index < -0.39 is 0 Å². The van der Waals surface area contributed by atoms with Crippen LogP contribution in [0.4, 0.5) is 0 Å². The molecule has 1 aromatic heterocycles. The number of rotatable bonds is 8. The molecule has 0 saturated carbocycles. The van der Waals surface area contributed by atoms with Crippen molar-refractivity contribution in [1.29, 1.82) is 0 Å². The fourth-order valence-corrected chi connectivity index (χ4v) is 4.25. The zero-order valence-electron chi connectivity index (χ0n) is 19.4. The Bertz CT molecular complexity index is 1290. The van der Waals surface area contributed by atoms with Crippen molar-refractivity contribution in [3.63, 3.8) is 0 Å². The van der Waals surface area contributed by atoms with Crippen LogP contribution >= 0.6 is 11.3 Å². The van der Waals surface area contributed by atoms with Crippen LogP contribution in [0.3, 0.4) is 0 Å². The van der Waals surface area contributed by atoms with E-state index in [0.717, 1.165) is 33.0 Å². The molecule has 1 N–H and O–H groups in total. The first-order valence-corrected chi connectivity index (χ1v) is 11.7. The molecule has 0 bridgehead atoms. The normalized spacial score (nSPS) is 10.9. The summed E-state index contributed by atoms with van der Waals surface area (Å²) in [5, 5.41) is 5.97. The van der Waals surface area contributed by atoms with Crippen LogP contribution in [0, 0.1) is 6.92 Å². The molecule has 0 aliphatic rings. The molecule has 0 aliphatic carbocycles. The van der Waals surface area contributed by atoms with E-state index in [4.69, 9.17) is 14.5 Å². The number of amides is 1. The number of hydrogen-bond donors (Lipinski definition) is 1. The first-order valence-electron chi connectivity index (χ1n) is 10.9. The van der Waals surface area contributed by atoms with Gasteiger partial charge in [-0.3, -0.25) is 4.79 Å². The first-order chi connectivity index (χ1) is 16.6. The molecule has 4 aromatic rings. The van der Waals surface area contributed by atoms with Crippen molar-refractivity contribution in [2.45, 2.75) is 13.5 Å². The molecule has 1 heterocycles. The minimum atomic E-state index is -0.184. The number of carbonyl (C=O) groups is 1. The Labute approximate surface area is 203 Å². The van der Waals surface area contributed by atoms with Crippen molar-refractivity contribution < 1.29 is 14.3 Å². The van der Waals surface area contributed by atoms with E-state index in [9.17, 15) is 4.79 Å². The molecule has 1 amide bonds. The number of aromatic nitrogens is 1. The molecule has 0 spiro atoms. The van der Waals surface area contributed by atoms with Gasteiger partial charge in [-0.25, -0.2) is 4.98 Å². The minimum Gasteiger partial charge on any atom is -0.497 e. The van der Waals surface area contributed by atoms with Crippen LogP contribution in [0.5, 0.6) is 11.5 Å². The van der Waals surface area contributed by atoms with Crippen molar-refractivity contribution in [1.82, 2.24) is 10.3 Å². The maximum atomic E-state index is 12.3. The molecule has 0 atom stereocenters. The monoisotopic (exact) mass is 470 g/mol. The molecule has 6 heteroatoms. The van der Waals surface area contributed by atoms with Crippen molar-refractivity contribution in [3.05, 3.63) is 94.9 Å². The van der Waals surface area contributed by atoms with Gasteiger partial charge in [0.05, 0.1) is 19.9 Å². The second-order valence-corrected chi connectivity index (χ2v) is 8.62. The Morgan fingerprint density at radius 2 is 1.71 bits per heavy atom. The molecule has 4 rings (SSSR count). The van der Waals surface area contributed by atoms with Crippen molar-refractivity contribution in [2.24, 2.45) is 0 Å². The summed E-state index contributed by atoms with van der Waals surface area (Å²) in [5.41, 5.74) is 6.18. The highest BCUT2D eigenvalue weighted by atomic mass is 32.1. The van der Waals surface area contributed by atoms with E-state index in [2.05, 4.69) is 41.9 Å². The Morgan fingerprint density at radius 3 is 2.41 bits per heavy atom. The van der Waals surface area contributed by atoms with E-state index in [1.54, 1.807) is 31.6 Å². The maximum absolute atomic E-state index is 12.3. The molecule has 0 aliphatic heterocycles. The number of benzene rings is 3. The predicted octanol–water partition coefficient (Wildman–Crippen LogP) is 6.13. The number of ether oxygens (including phenoxy) is 2. The van der Waals surface area contributed by atoms with Crippen LogP contribution in [-0.4, -0.2) is 25.1 Å². The Morgan fingerprint density at radius 1 is 0.971 bits per heavy atom. The second kappa shape index (κ2) is 10.8. The Kier molecular flexibility index (Phi) is 7.40. The number of hydrogen-bond acceptors (Lipinski definition) is 5. The molecule has 34 heavy (non-hydrogen) atoms. The van der Waals surface area contributed by atoms with Gasteiger partial charge in [0, 0.05) is 34.7 Å². The Hall–Kier alpha value is -3.90. The lowest BCUT2D eigenvalue weighted by molar-refractivity contribution is -0.116. The molecular weight excluding hydrogens is 444 g/mol. The Balaban J connectivity index is 1.36. The van der Waals surface area contributed by atoms with E-state index in [1.807, 2.05) is 42.5 Å². The summed E-state index contributed by atoms with van der Waals surface area (Å²) in [6.45, 7) is 2.51. The van der Waals surface area contributed by atoms with Gasteiger partial charge in [-0.1, -0.05) is 54.1 Å². The van der Waals surface area contributed by atoms with Crippen molar-refractivity contribution >= 4 is 23.3 Å². The SMILES string of the molecule is COc1ccc(OC)c(/C=C/C(=O)NCc2ccc(-c3nc(-c4ccc(C)cc4)cs3)cc2)c1.